The topological polar surface area (TPSA) is 41.7 Å². The predicted octanol–water partition coefficient (Wildman–Crippen LogP) is 3.03. The summed E-state index contributed by atoms with van der Waals surface area (Å²) in [6, 6.07) is 5.94. The van der Waals surface area contributed by atoms with E-state index in [9.17, 15) is 4.79 Å². The van der Waals surface area contributed by atoms with Gasteiger partial charge in [0.05, 0.1) is 11.9 Å². The molecular formula is C12H12BrNO2. The molecule has 0 spiro atoms. The van der Waals surface area contributed by atoms with Gasteiger partial charge in [-0.15, -0.1) is 0 Å². The number of halogens is 1. The van der Waals surface area contributed by atoms with Gasteiger partial charge < -0.3 is 9.51 Å². The van der Waals surface area contributed by atoms with Crippen molar-refractivity contribution in [3.05, 3.63) is 40.1 Å². The monoisotopic (exact) mass is 281 g/mol. The third kappa shape index (κ3) is 1.85. The van der Waals surface area contributed by atoms with Gasteiger partial charge in [-0.25, -0.2) is 0 Å². The van der Waals surface area contributed by atoms with Gasteiger partial charge in [0, 0.05) is 16.4 Å². The van der Waals surface area contributed by atoms with Crippen molar-refractivity contribution < 1.29 is 9.90 Å². The molecule has 16 heavy (non-hydrogen) atoms. The van der Waals surface area contributed by atoms with Gasteiger partial charge in [0.25, 0.3) is 0 Å². The summed E-state index contributed by atoms with van der Waals surface area (Å²) in [5, 5.41) is 8.72. The molecule has 0 bridgehead atoms. The Bertz CT molecular complexity index is 545. The lowest BCUT2D eigenvalue weighted by atomic mass is 10.2. The molecule has 0 aliphatic carbocycles. The first-order valence-electron chi connectivity index (χ1n) is 5.07. The first-order valence-corrected chi connectivity index (χ1v) is 5.86. The lowest BCUT2D eigenvalue weighted by Gasteiger charge is -2.01. The SMILES string of the molecule is Cc1c(Br)c2ccccn2c1CCC(=O)O. The number of carboxylic acids is 1. The first-order chi connectivity index (χ1) is 7.61. The highest BCUT2D eigenvalue weighted by molar-refractivity contribution is 9.10. The van der Waals surface area contributed by atoms with Crippen LogP contribution in [0.4, 0.5) is 0 Å². The Morgan fingerprint density at radius 2 is 2.25 bits per heavy atom. The third-order valence-electron chi connectivity index (χ3n) is 2.71. The van der Waals surface area contributed by atoms with Crippen LogP contribution >= 0.6 is 15.9 Å². The minimum Gasteiger partial charge on any atom is -0.481 e. The van der Waals surface area contributed by atoms with Gasteiger partial charge in [0.15, 0.2) is 0 Å². The van der Waals surface area contributed by atoms with Gasteiger partial charge in [-0.1, -0.05) is 6.07 Å². The number of aliphatic carboxylic acids is 1. The van der Waals surface area contributed by atoms with Crippen LogP contribution in [0, 0.1) is 6.92 Å². The number of carbonyl (C=O) groups is 1. The molecule has 0 atom stereocenters. The summed E-state index contributed by atoms with van der Waals surface area (Å²) < 4.78 is 3.09. The maximum Gasteiger partial charge on any atom is 0.303 e. The molecule has 0 aliphatic rings. The van der Waals surface area contributed by atoms with Crippen LogP contribution in [0.1, 0.15) is 17.7 Å². The van der Waals surface area contributed by atoms with E-state index in [2.05, 4.69) is 15.9 Å². The van der Waals surface area contributed by atoms with E-state index in [1.165, 1.54) is 0 Å². The highest BCUT2D eigenvalue weighted by atomic mass is 79.9. The van der Waals surface area contributed by atoms with E-state index in [4.69, 9.17) is 5.11 Å². The van der Waals surface area contributed by atoms with E-state index in [0.29, 0.717) is 6.42 Å². The number of fused-ring (bicyclic) bond motifs is 1. The van der Waals surface area contributed by atoms with Crippen LogP contribution in [0.5, 0.6) is 0 Å². The zero-order chi connectivity index (χ0) is 11.7. The zero-order valence-electron chi connectivity index (χ0n) is 8.90. The number of hydrogen-bond donors (Lipinski definition) is 1. The summed E-state index contributed by atoms with van der Waals surface area (Å²) in [5.74, 6) is -0.763. The second-order valence-electron chi connectivity index (χ2n) is 3.74. The standard InChI is InChI=1S/C12H12BrNO2/c1-8-9(5-6-11(15)16)14-7-3-2-4-10(14)12(8)13/h2-4,7H,5-6H2,1H3,(H,15,16). The zero-order valence-corrected chi connectivity index (χ0v) is 10.5. The smallest absolute Gasteiger partial charge is 0.303 e. The van der Waals surface area contributed by atoms with E-state index in [0.717, 1.165) is 21.2 Å². The molecule has 0 fully saturated rings. The summed E-state index contributed by atoms with van der Waals surface area (Å²) in [6.07, 6.45) is 2.68. The quantitative estimate of drug-likeness (QED) is 0.940. The van der Waals surface area contributed by atoms with E-state index < -0.39 is 5.97 Å². The normalized spacial score (nSPS) is 10.9. The van der Waals surface area contributed by atoms with Crippen molar-refractivity contribution in [3.63, 3.8) is 0 Å². The molecule has 0 saturated heterocycles. The Labute approximate surface area is 102 Å². The van der Waals surface area contributed by atoms with Gasteiger partial charge in [-0.05, 0) is 47.0 Å². The Kier molecular flexibility index (Phi) is 3.01. The average Bonchev–Trinajstić information content (AvgIpc) is 2.50. The summed E-state index contributed by atoms with van der Waals surface area (Å²) in [6.45, 7) is 2.01. The maximum atomic E-state index is 10.6. The molecule has 0 amide bonds. The lowest BCUT2D eigenvalue weighted by molar-refractivity contribution is -0.136. The minimum atomic E-state index is -0.763. The Morgan fingerprint density at radius 3 is 2.94 bits per heavy atom. The molecule has 2 aromatic heterocycles. The molecule has 0 aliphatic heterocycles. The van der Waals surface area contributed by atoms with Crippen molar-refractivity contribution >= 4 is 27.4 Å². The number of pyridine rings is 1. The second-order valence-corrected chi connectivity index (χ2v) is 4.53. The summed E-state index contributed by atoms with van der Waals surface area (Å²) >= 11 is 3.54. The third-order valence-corrected chi connectivity index (χ3v) is 3.71. The van der Waals surface area contributed by atoms with Crippen molar-refractivity contribution in [1.82, 2.24) is 4.40 Å². The molecule has 0 saturated carbocycles. The van der Waals surface area contributed by atoms with Crippen LogP contribution in [0.2, 0.25) is 0 Å². The van der Waals surface area contributed by atoms with Gasteiger partial charge in [-0.2, -0.15) is 0 Å². The highest BCUT2D eigenvalue weighted by Gasteiger charge is 2.13. The highest BCUT2D eigenvalue weighted by Crippen LogP contribution is 2.28. The number of aromatic nitrogens is 1. The van der Waals surface area contributed by atoms with Crippen LogP contribution in [0.3, 0.4) is 0 Å². The van der Waals surface area contributed by atoms with Crippen molar-refractivity contribution in [2.75, 3.05) is 0 Å². The van der Waals surface area contributed by atoms with Crippen LogP contribution in [0.15, 0.2) is 28.9 Å². The molecule has 2 heterocycles. The van der Waals surface area contributed by atoms with Crippen LogP contribution in [-0.2, 0) is 11.2 Å². The molecule has 0 radical (unpaired) electrons. The van der Waals surface area contributed by atoms with Crippen LogP contribution < -0.4 is 0 Å². The Balaban J connectivity index is 2.51. The Morgan fingerprint density at radius 1 is 1.50 bits per heavy atom. The average molecular weight is 282 g/mol. The van der Waals surface area contributed by atoms with E-state index in [1.807, 2.05) is 35.7 Å². The molecule has 0 aromatic carbocycles. The molecule has 3 nitrogen and oxygen atoms in total. The van der Waals surface area contributed by atoms with Crippen LogP contribution in [0.25, 0.3) is 5.52 Å². The molecule has 2 rings (SSSR count). The molecule has 4 heteroatoms. The molecule has 1 N–H and O–H groups in total. The molecule has 2 aromatic rings. The van der Waals surface area contributed by atoms with Crippen molar-refractivity contribution in [2.45, 2.75) is 19.8 Å². The number of aryl methyl sites for hydroxylation is 1. The fourth-order valence-corrected chi connectivity index (χ4v) is 2.44. The lowest BCUT2D eigenvalue weighted by Crippen LogP contribution is -2.01. The largest absolute Gasteiger partial charge is 0.481 e. The van der Waals surface area contributed by atoms with Crippen molar-refractivity contribution in [1.29, 1.82) is 0 Å². The van der Waals surface area contributed by atoms with Crippen molar-refractivity contribution in [3.8, 4) is 0 Å². The fourth-order valence-electron chi connectivity index (χ4n) is 1.89. The number of carboxylic acid groups (broad SMARTS) is 1. The number of nitrogens with zero attached hydrogens (tertiary/aromatic N) is 1. The summed E-state index contributed by atoms with van der Waals surface area (Å²) in [4.78, 5) is 10.6. The second kappa shape index (κ2) is 4.29. The van der Waals surface area contributed by atoms with E-state index >= 15 is 0 Å². The van der Waals surface area contributed by atoms with Gasteiger partial charge in [0.1, 0.15) is 0 Å². The van der Waals surface area contributed by atoms with Gasteiger partial charge >= 0.3 is 5.97 Å². The van der Waals surface area contributed by atoms with Crippen LogP contribution in [-0.4, -0.2) is 15.5 Å². The summed E-state index contributed by atoms with van der Waals surface area (Å²) in [7, 11) is 0. The molecule has 0 unspecified atom stereocenters. The Hall–Kier alpha value is -1.29. The van der Waals surface area contributed by atoms with Gasteiger partial charge in [0.2, 0.25) is 0 Å². The van der Waals surface area contributed by atoms with Gasteiger partial charge in [-0.3, -0.25) is 4.79 Å². The minimum absolute atomic E-state index is 0.161. The first kappa shape index (κ1) is 11.2. The maximum absolute atomic E-state index is 10.6. The van der Waals surface area contributed by atoms with Crippen molar-refractivity contribution in [2.24, 2.45) is 0 Å². The fraction of sp³-hybridized carbons (Fsp3) is 0.250. The summed E-state index contributed by atoms with van der Waals surface area (Å²) in [5.41, 5.74) is 3.26. The molecular weight excluding hydrogens is 270 g/mol. The predicted molar refractivity (Wildman–Crippen MR) is 65.8 cm³/mol. The van der Waals surface area contributed by atoms with E-state index in [1.54, 1.807) is 0 Å². The number of hydrogen-bond acceptors (Lipinski definition) is 1. The van der Waals surface area contributed by atoms with E-state index in [-0.39, 0.29) is 6.42 Å². The molecule has 84 valence electrons. The number of rotatable bonds is 3.